The van der Waals surface area contributed by atoms with Crippen LogP contribution in [-0.2, 0) is 0 Å². The summed E-state index contributed by atoms with van der Waals surface area (Å²) in [5, 5.41) is 4.92. The van der Waals surface area contributed by atoms with Gasteiger partial charge in [-0.25, -0.2) is 9.37 Å². The molecule has 0 bridgehead atoms. The van der Waals surface area contributed by atoms with Gasteiger partial charge in [-0.3, -0.25) is 10.1 Å². The van der Waals surface area contributed by atoms with Gasteiger partial charge in [-0.05, 0) is 36.4 Å². The Morgan fingerprint density at radius 1 is 1.15 bits per heavy atom. The molecule has 3 rings (SSSR count). The number of aromatic nitrogens is 1. The lowest BCUT2D eigenvalue weighted by atomic mass is 10.1. The Kier molecular flexibility index (Phi) is 5.39. The molecule has 0 unspecified atom stereocenters. The Labute approximate surface area is 158 Å². The molecule has 1 aromatic heterocycles. The third kappa shape index (κ3) is 3.79. The highest BCUT2D eigenvalue weighted by molar-refractivity contribution is 7.14. The standard InChI is InChI=1S/C18H14ClFN2O3S/c1-24-15-6-3-10(7-16(15)25-2)14-9-26-18(21-14)22-17(23)12-5-4-11(20)8-13(12)19/h3-9H,1-2H3,(H,21,22,23). The van der Waals surface area contributed by atoms with Crippen molar-refractivity contribution >= 4 is 34.0 Å². The fourth-order valence-corrected chi connectivity index (χ4v) is 3.27. The predicted molar refractivity (Wildman–Crippen MR) is 100 cm³/mol. The van der Waals surface area contributed by atoms with Crippen molar-refractivity contribution in [3.05, 3.63) is 58.2 Å². The van der Waals surface area contributed by atoms with Gasteiger partial charge in [0.1, 0.15) is 5.82 Å². The number of halogens is 2. The Morgan fingerprint density at radius 3 is 2.62 bits per heavy atom. The minimum Gasteiger partial charge on any atom is -0.493 e. The van der Waals surface area contributed by atoms with Gasteiger partial charge < -0.3 is 9.47 Å². The Bertz CT molecular complexity index is 961. The molecule has 26 heavy (non-hydrogen) atoms. The lowest BCUT2D eigenvalue weighted by Crippen LogP contribution is -2.12. The van der Waals surface area contributed by atoms with Gasteiger partial charge in [0.2, 0.25) is 0 Å². The van der Waals surface area contributed by atoms with E-state index in [9.17, 15) is 9.18 Å². The van der Waals surface area contributed by atoms with Crippen molar-refractivity contribution in [2.24, 2.45) is 0 Å². The molecule has 0 aliphatic carbocycles. The largest absolute Gasteiger partial charge is 0.493 e. The molecule has 8 heteroatoms. The number of thiazole rings is 1. The predicted octanol–water partition coefficient (Wildman–Crippen LogP) is 4.87. The van der Waals surface area contributed by atoms with Crippen LogP contribution >= 0.6 is 22.9 Å². The van der Waals surface area contributed by atoms with Crippen LogP contribution in [0.3, 0.4) is 0 Å². The molecule has 2 aromatic carbocycles. The van der Waals surface area contributed by atoms with E-state index >= 15 is 0 Å². The molecular formula is C18H14ClFN2O3S. The summed E-state index contributed by atoms with van der Waals surface area (Å²) >= 11 is 7.18. The molecular weight excluding hydrogens is 379 g/mol. The molecule has 134 valence electrons. The average Bonchev–Trinajstić information content (AvgIpc) is 3.09. The fourth-order valence-electron chi connectivity index (χ4n) is 2.30. The summed E-state index contributed by atoms with van der Waals surface area (Å²) in [4.78, 5) is 16.7. The highest BCUT2D eigenvalue weighted by Gasteiger charge is 2.14. The number of hydrogen-bond acceptors (Lipinski definition) is 5. The van der Waals surface area contributed by atoms with E-state index in [1.807, 2.05) is 11.4 Å². The van der Waals surface area contributed by atoms with Gasteiger partial charge in [-0.2, -0.15) is 0 Å². The third-order valence-electron chi connectivity index (χ3n) is 3.58. The molecule has 1 amide bonds. The zero-order valence-corrected chi connectivity index (χ0v) is 15.5. The first kappa shape index (κ1) is 18.2. The lowest BCUT2D eigenvalue weighted by Gasteiger charge is -2.08. The first-order valence-corrected chi connectivity index (χ1v) is 8.72. The second kappa shape index (κ2) is 7.72. The van der Waals surface area contributed by atoms with Crippen molar-refractivity contribution in [1.82, 2.24) is 4.98 Å². The highest BCUT2D eigenvalue weighted by Crippen LogP contribution is 2.33. The van der Waals surface area contributed by atoms with Crippen molar-refractivity contribution < 1.29 is 18.7 Å². The SMILES string of the molecule is COc1ccc(-c2csc(NC(=O)c3ccc(F)cc3Cl)n2)cc1OC. The zero-order chi connectivity index (χ0) is 18.7. The molecule has 0 aliphatic heterocycles. The topological polar surface area (TPSA) is 60.5 Å². The normalized spacial score (nSPS) is 10.5. The molecule has 0 spiro atoms. The van der Waals surface area contributed by atoms with Gasteiger partial charge >= 0.3 is 0 Å². The van der Waals surface area contributed by atoms with E-state index in [4.69, 9.17) is 21.1 Å². The molecule has 1 heterocycles. The summed E-state index contributed by atoms with van der Waals surface area (Å²) in [5.74, 6) is 0.243. The van der Waals surface area contributed by atoms with E-state index in [2.05, 4.69) is 10.3 Å². The number of benzene rings is 2. The molecule has 0 saturated heterocycles. The van der Waals surface area contributed by atoms with Crippen LogP contribution < -0.4 is 14.8 Å². The number of amides is 1. The highest BCUT2D eigenvalue weighted by atomic mass is 35.5. The smallest absolute Gasteiger partial charge is 0.258 e. The molecule has 0 radical (unpaired) electrons. The average molecular weight is 393 g/mol. The van der Waals surface area contributed by atoms with Crippen LogP contribution in [0.25, 0.3) is 11.3 Å². The minimum atomic E-state index is -0.503. The third-order valence-corrected chi connectivity index (χ3v) is 4.65. The number of anilines is 1. The van der Waals surface area contributed by atoms with Crippen LogP contribution in [0.5, 0.6) is 11.5 Å². The van der Waals surface area contributed by atoms with Crippen LogP contribution in [0.2, 0.25) is 5.02 Å². The second-order valence-electron chi connectivity index (χ2n) is 5.19. The molecule has 5 nitrogen and oxygen atoms in total. The lowest BCUT2D eigenvalue weighted by molar-refractivity contribution is 0.102. The van der Waals surface area contributed by atoms with Crippen LogP contribution in [-0.4, -0.2) is 25.1 Å². The first-order valence-electron chi connectivity index (χ1n) is 7.46. The van der Waals surface area contributed by atoms with E-state index in [1.165, 1.54) is 23.5 Å². The number of rotatable bonds is 5. The molecule has 0 saturated carbocycles. The van der Waals surface area contributed by atoms with E-state index in [0.29, 0.717) is 22.3 Å². The maximum atomic E-state index is 13.1. The van der Waals surface area contributed by atoms with Crippen LogP contribution in [0, 0.1) is 5.82 Å². The number of ether oxygens (including phenoxy) is 2. The van der Waals surface area contributed by atoms with Crippen molar-refractivity contribution in [2.75, 3.05) is 19.5 Å². The van der Waals surface area contributed by atoms with Crippen LogP contribution in [0.1, 0.15) is 10.4 Å². The van der Waals surface area contributed by atoms with E-state index in [1.54, 1.807) is 26.4 Å². The monoisotopic (exact) mass is 392 g/mol. The molecule has 0 aliphatic rings. The second-order valence-corrected chi connectivity index (χ2v) is 6.45. The molecule has 1 N–H and O–H groups in total. The molecule has 0 fully saturated rings. The van der Waals surface area contributed by atoms with E-state index in [-0.39, 0.29) is 10.6 Å². The summed E-state index contributed by atoms with van der Waals surface area (Å²) in [5.41, 5.74) is 1.67. The van der Waals surface area contributed by atoms with Gasteiger partial charge in [-0.15, -0.1) is 11.3 Å². The quantitative estimate of drug-likeness (QED) is 0.672. The summed E-state index contributed by atoms with van der Waals surface area (Å²) in [6.45, 7) is 0. The maximum absolute atomic E-state index is 13.1. The van der Waals surface area contributed by atoms with Crippen LogP contribution in [0.15, 0.2) is 41.8 Å². The molecule has 3 aromatic rings. The van der Waals surface area contributed by atoms with Crippen molar-refractivity contribution in [2.45, 2.75) is 0 Å². The van der Waals surface area contributed by atoms with Crippen molar-refractivity contribution in [3.8, 4) is 22.8 Å². The summed E-state index contributed by atoms with van der Waals surface area (Å²) < 4.78 is 23.6. The first-order chi connectivity index (χ1) is 12.5. The van der Waals surface area contributed by atoms with Gasteiger partial charge in [0.25, 0.3) is 5.91 Å². The summed E-state index contributed by atoms with van der Waals surface area (Å²) in [7, 11) is 3.12. The van der Waals surface area contributed by atoms with Crippen molar-refractivity contribution in [1.29, 1.82) is 0 Å². The van der Waals surface area contributed by atoms with Crippen molar-refractivity contribution in [3.63, 3.8) is 0 Å². The molecule has 0 atom stereocenters. The Morgan fingerprint density at radius 2 is 1.92 bits per heavy atom. The van der Waals surface area contributed by atoms with Gasteiger partial charge in [0.05, 0.1) is 30.5 Å². The van der Waals surface area contributed by atoms with E-state index < -0.39 is 11.7 Å². The zero-order valence-electron chi connectivity index (χ0n) is 13.9. The Hall–Kier alpha value is -2.64. The number of nitrogens with zero attached hydrogens (tertiary/aromatic N) is 1. The van der Waals surface area contributed by atoms with Gasteiger partial charge in [0, 0.05) is 10.9 Å². The number of methoxy groups -OCH3 is 2. The van der Waals surface area contributed by atoms with E-state index in [0.717, 1.165) is 11.6 Å². The van der Waals surface area contributed by atoms with Gasteiger partial charge in [0.15, 0.2) is 16.6 Å². The number of carbonyl (C=O) groups excluding carboxylic acids is 1. The summed E-state index contributed by atoms with van der Waals surface area (Å²) in [6.07, 6.45) is 0. The van der Waals surface area contributed by atoms with Gasteiger partial charge in [-0.1, -0.05) is 11.6 Å². The number of hydrogen-bond donors (Lipinski definition) is 1. The summed E-state index contributed by atoms with van der Waals surface area (Å²) in [6, 6.07) is 9.03. The number of nitrogens with one attached hydrogen (secondary N) is 1. The Balaban J connectivity index is 1.81. The minimum absolute atomic E-state index is 0.0409. The van der Waals surface area contributed by atoms with Crippen LogP contribution in [0.4, 0.5) is 9.52 Å². The number of carbonyl (C=O) groups is 1. The fraction of sp³-hybridized carbons (Fsp3) is 0.111. The maximum Gasteiger partial charge on any atom is 0.258 e.